The molecule has 2 aliphatic heterocycles. The molecule has 0 aliphatic carbocycles. The third-order valence-electron chi connectivity index (χ3n) is 11.5. The van der Waals surface area contributed by atoms with Crippen LogP contribution >= 0.6 is 0 Å². The van der Waals surface area contributed by atoms with Crippen molar-refractivity contribution in [1.82, 2.24) is 18.9 Å². The summed E-state index contributed by atoms with van der Waals surface area (Å²) in [5.41, 5.74) is -5.29. The van der Waals surface area contributed by atoms with E-state index in [0.717, 1.165) is 23.3 Å². The van der Waals surface area contributed by atoms with Gasteiger partial charge in [-0.1, -0.05) is 60.7 Å². The minimum absolute atomic E-state index is 0.125. The van der Waals surface area contributed by atoms with E-state index >= 15 is 0 Å². The SMILES string of the molecule is O=[N+]([O-])c1ccc2c(C(O)(CN3CCOCC3)C(F)(F)F)cn(Cc3ccccc3)c2c1.O=[N+]([O-])c1ccc2c(C(O)(CN3CCOCC3)C(F)(F)F)cn(Cc3ccccc3)c2c1. The zero-order valence-corrected chi connectivity index (χ0v) is 34.2. The molecule has 8 rings (SSSR count). The van der Waals surface area contributed by atoms with E-state index in [-0.39, 0.29) is 110 Å². The number of halogens is 6. The lowest BCUT2D eigenvalue weighted by Crippen LogP contribution is -2.53. The molecular weight excluding hydrogens is 855 g/mol. The van der Waals surface area contributed by atoms with Crippen LogP contribution in [-0.4, -0.2) is 117 Å². The molecule has 0 saturated carbocycles. The third-order valence-corrected chi connectivity index (χ3v) is 11.5. The number of morpholine rings is 2. The molecule has 2 fully saturated rings. The van der Waals surface area contributed by atoms with Gasteiger partial charge in [0.2, 0.25) is 11.2 Å². The molecule has 6 aromatic rings. The van der Waals surface area contributed by atoms with Gasteiger partial charge in [0, 0.05) is 111 Å². The van der Waals surface area contributed by atoms with Gasteiger partial charge in [0.25, 0.3) is 11.4 Å². The fraction of sp³-hybridized carbons (Fsp3) is 0.364. The lowest BCUT2D eigenvalue weighted by Gasteiger charge is -2.37. The van der Waals surface area contributed by atoms with E-state index in [4.69, 9.17) is 9.47 Å². The highest BCUT2D eigenvalue weighted by Gasteiger charge is 2.58. The molecule has 4 heterocycles. The fourth-order valence-corrected chi connectivity index (χ4v) is 8.09. The van der Waals surface area contributed by atoms with Gasteiger partial charge in [-0.05, 0) is 23.3 Å². The molecule has 2 aliphatic rings. The van der Waals surface area contributed by atoms with E-state index in [1.807, 2.05) is 36.4 Å². The summed E-state index contributed by atoms with van der Waals surface area (Å²) in [4.78, 5) is 24.4. The van der Waals surface area contributed by atoms with Gasteiger partial charge in [-0.15, -0.1) is 0 Å². The van der Waals surface area contributed by atoms with Gasteiger partial charge in [-0.2, -0.15) is 26.3 Å². The smallest absolute Gasteiger partial charge is 0.379 e. The predicted octanol–water partition coefficient (Wildman–Crippen LogP) is 7.36. The van der Waals surface area contributed by atoms with Crippen molar-refractivity contribution in [3.63, 3.8) is 0 Å². The second kappa shape index (κ2) is 18.7. The monoisotopic (exact) mass is 898 g/mol. The van der Waals surface area contributed by atoms with Crippen molar-refractivity contribution in [2.75, 3.05) is 65.7 Å². The Hall–Kier alpha value is -5.90. The number of hydrogen-bond donors (Lipinski definition) is 2. The molecule has 64 heavy (non-hydrogen) atoms. The van der Waals surface area contributed by atoms with Crippen molar-refractivity contribution in [3.05, 3.63) is 152 Å². The van der Waals surface area contributed by atoms with Gasteiger partial charge < -0.3 is 28.8 Å². The van der Waals surface area contributed by atoms with Crippen molar-refractivity contribution >= 4 is 33.2 Å². The Balaban J connectivity index is 0.000000191. The number of β-amino-alcohol motifs (C(OH)–C–C–N with tert-alkyl or cyclic N) is 2. The number of nitrogens with zero attached hydrogens (tertiary/aromatic N) is 6. The van der Waals surface area contributed by atoms with Crippen LogP contribution in [0.25, 0.3) is 21.8 Å². The Kier molecular flexibility index (Phi) is 13.5. The van der Waals surface area contributed by atoms with Crippen LogP contribution in [0.2, 0.25) is 0 Å². The quantitative estimate of drug-likeness (QED) is 0.0722. The summed E-state index contributed by atoms with van der Waals surface area (Å²) in [6, 6.07) is 25.4. The number of fused-ring (bicyclic) bond motifs is 2. The largest absolute Gasteiger partial charge is 0.422 e. The predicted molar refractivity (Wildman–Crippen MR) is 223 cm³/mol. The van der Waals surface area contributed by atoms with Crippen LogP contribution in [0.5, 0.6) is 0 Å². The molecule has 2 aromatic heterocycles. The summed E-state index contributed by atoms with van der Waals surface area (Å²) < 4.78 is 99.2. The molecule has 4 aromatic carbocycles. The number of rotatable bonds is 12. The maximum absolute atomic E-state index is 14.3. The van der Waals surface area contributed by atoms with Crippen LogP contribution in [0.1, 0.15) is 22.3 Å². The number of aliphatic hydroxyl groups is 2. The summed E-state index contributed by atoms with van der Waals surface area (Å²) in [6.07, 6.45) is -7.40. The lowest BCUT2D eigenvalue weighted by atomic mass is 9.91. The topological polar surface area (TPSA) is 162 Å². The zero-order valence-electron chi connectivity index (χ0n) is 34.2. The number of hydrogen-bond acceptors (Lipinski definition) is 10. The molecule has 0 radical (unpaired) electrons. The Bertz CT molecular complexity index is 2400. The van der Waals surface area contributed by atoms with Crippen molar-refractivity contribution < 1.29 is 55.9 Å². The number of alkyl halides is 6. The number of benzene rings is 4. The number of nitro benzene ring substituents is 2. The van der Waals surface area contributed by atoms with Crippen LogP contribution < -0.4 is 0 Å². The fourth-order valence-electron chi connectivity index (χ4n) is 8.09. The average molecular weight is 899 g/mol. The average Bonchev–Trinajstić information content (AvgIpc) is 3.82. The molecule has 0 spiro atoms. The van der Waals surface area contributed by atoms with Gasteiger partial charge in [-0.25, -0.2) is 0 Å². The van der Waals surface area contributed by atoms with Crippen molar-refractivity contribution in [2.45, 2.75) is 36.6 Å². The second-order valence-corrected chi connectivity index (χ2v) is 15.7. The van der Waals surface area contributed by atoms with Gasteiger partial charge >= 0.3 is 12.4 Å². The minimum Gasteiger partial charge on any atom is -0.379 e. The highest BCUT2D eigenvalue weighted by Crippen LogP contribution is 2.45. The lowest BCUT2D eigenvalue weighted by molar-refractivity contribution is -0.384. The number of aromatic nitrogens is 2. The van der Waals surface area contributed by atoms with Gasteiger partial charge in [0.15, 0.2) is 0 Å². The maximum atomic E-state index is 14.3. The molecule has 2 N–H and O–H groups in total. The number of ether oxygens (including phenoxy) is 2. The van der Waals surface area contributed by atoms with Crippen LogP contribution in [0, 0.1) is 20.2 Å². The van der Waals surface area contributed by atoms with Crippen LogP contribution in [-0.2, 0) is 33.8 Å². The van der Waals surface area contributed by atoms with Gasteiger partial charge in [-0.3, -0.25) is 30.0 Å². The second-order valence-electron chi connectivity index (χ2n) is 15.7. The molecule has 2 unspecified atom stereocenters. The Morgan fingerprint density at radius 2 is 0.891 bits per heavy atom. The molecule has 0 bridgehead atoms. The Morgan fingerprint density at radius 1 is 0.547 bits per heavy atom. The molecular formula is C44H44F6N6O8. The highest BCUT2D eigenvalue weighted by molar-refractivity contribution is 5.88. The zero-order chi connectivity index (χ0) is 45.9. The summed E-state index contributed by atoms with van der Waals surface area (Å²) in [6.45, 7) is 1.33. The third kappa shape index (κ3) is 9.76. The van der Waals surface area contributed by atoms with Gasteiger partial charge in [0.05, 0.1) is 47.3 Å². The molecule has 2 atom stereocenters. The summed E-state index contributed by atoms with van der Waals surface area (Å²) in [7, 11) is 0. The van der Waals surface area contributed by atoms with E-state index < -0.39 is 46.5 Å². The van der Waals surface area contributed by atoms with Crippen LogP contribution in [0.4, 0.5) is 37.7 Å². The first-order chi connectivity index (χ1) is 30.4. The maximum Gasteiger partial charge on any atom is 0.422 e. The molecule has 2 saturated heterocycles. The van der Waals surface area contributed by atoms with E-state index in [1.165, 1.54) is 55.6 Å². The van der Waals surface area contributed by atoms with Crippen molar-refractivity contribution in [1.29, 1.82) is 0 Å². The van der Waals surface area contributed by atoms with E-state index in [9.17, 15) is 56.8 Å². The van der Waals surface area contributed by atoms with Gasteiger partial charge in [0.1, 0.15) is 0 Å². The van der Waals surface area contributed by atoms with E-state index in [0.29, 0.717) is 0 Å². The Morgan fingerprint density at radius 3 is 1.20 bits per heavy atom. The normalized spacial score (nSPS) is 17.4. The van der Waals surface area contributed by atoms with Crippen LogP contribution in [0.15, 0.2) is 109 Å². The van der Waals surface area contributed by atoms with E-state index in [1.54, 1.807) is 24.3 Å². The Labute approximate surface area is 361 Å². The summed E-state index contributed by atoms with van der Waals surface area (Å²) >= 11 is 0. The first-order valence-electron chi connectivity index (χ1n) is 20.2. The summed E-state index contributed by atoms with van der Waals surface area (Å²) in [5.74, 6) is 0. The first-order valence-corrected chi connectivity index (χ1v) is 20.2. The number of nitro groups is 2. The molecule has 20 heteroatoms. The minimum atomic E-state index is -4.96. The van der Waals surface area contributed by atoms with Crippen LogP contribution in [0.3, 0.4) is 0 Å². The molecule has 14 nitrogen and oxygen atoms in total. The van der Waals surface area contributed by atoms with Crippen molar-refractivity contribution in [2.24, 2.45) is 0 Å². The molecule has 340 valence electrons. The van der Waals surface area contributed by atoms with Crippen molar-refractivity contribution in [3.8, 4) is 0 Å². The van der Waals surface area contributed by atoms with E-state index in [2.05, 4.69) is 0 Å². The number of non-ortho nitro benzene ring substituents is 2. The molecule has 0 amide bonds. The highest BCUT2D eigenvalue weighted by atomic mass is 19.4. The summed E-state index contributed by atoms with van der Waals surface area (Å²) in [5, 5.41) is 45.0. The standard InChI is InChI=1S/2C22H22F3N3O4/c2*23-22(24,25)21(29,15-26-8-10-32-11-9-26)19-14-27(13-16-4-2-1-3-5-16)20-12-17(28(30)31)6-7-18(19)20/h2*1-7,12,14,29H,8-11,13,15H2. The first kappa shape index (κ1) is 46.1.